The number of piperidine rings is 1. The third-order valence-corrected chi connectivity index (χ3v) is 3.01. The quantitative estimate of drug-likeness (QED) is 0.659. The van der Waals surface area contributed by atoms with Crippen molar-refractivity contribution in [3.63, 3.8) is 0 Å². The predicted molar refractivity (Wildman–Crippen MR) is 64.0 cm³/mol. The molecule has 0 atom stereocenters. The fourth-order valence-corrected chi connectivity index (χ4v) is 1.94. The van der Waals surface area contributed by atoms with Crippen molar-refractivity contribution in [1.82, 2.24) is 4.98 Å². The van der Waals surface area contributed by atoms with Gasteiger partial charge in [0.05, 0.1) is 6.10 Å². The van der Waals surface area contributed by atoms with Gasteiger partial charge in [0.15, 0.2) is 0 Å². The minimum atomic E-state index is -0.170. The molecule has 88 valence electrons. The van der Waals surface area contributed by atoms with E-state index in [9.17, 15) is 5.11 Å². The summed E-state index contributed by atoms with van der Waals surface area (Å²) in [6.45, 7) is 2.07. The lowest BCUT2D eigenvalue weighted by Gasteiger charge is -2.30. The monoisotopic (exact) mass is 222 g/mol. The first-order valence-corrected chi connectivity index (χ1v) is 5.59. The van der Waals surface area contributed by atoms with Crippen LogP contribution in [0.1, 0.15) is 18.4 Å². The summed E-state index contributed by atoms with van der Waals surface area (Å²) in [5, 5.41) is 9.42. The topological polar surface area (TPSA) is 88.4 Å². The second-order valence-corrected chi connectivity index (χ2v) is 4.14. The first kappa shape index (κ1) is 11.2. The molecule has 5 nitrogen and oxygen atoms in total. The first-order chi connectivity index (χ1) is 7.70. The third kappa shape index (κ3) is 2.25. The minimum absolute atomic E-state index is 0.170. The van der Waals surface area contributed by atoms with Crippen LogP contribution >= 0.6 is 0 Å². The molecule has 1 aromatic rings. The van der Waals surface area contributed by atoms with Gasteiger partial charge in [0, 0.05) is 25.2 Å². The second-order valence-electron chi connectivity index (χ2n) is 4.14. The Balaban J connectivity index is 2.12. The number of nitrogen functional groups attached to an aromatic ring is 1. The number of nitrogens with zero attached hydrogens (tertiary/aromatic N) is 2. The number of aliphatic hydroxyl groups is 1. The van der Waals surface area contributed by atoms with Crippen LogP contribution in [0.3, 0.4) is 0 Å². The molecule has 0 unspecified atom stereocenters. The maximum Gasteiger partial charge on any atom is 0.130 e. The van der Waals surface area contributed by atoms with Gasteiger partial charge in [0.2, 0.25) is 0 Å². The summed E-state index contributed by atoms with van der Waals surface area (Å²) >= 11 is 0. The molecule has 1 aromatic heterocycles. The lowest BCUT2D eigenvalue weighted by atomic mass is 10.1. The van der Waals surface area contributed by atoms with Crippen molar-refractivity contribution in [1.29, 1.82) is 0 Å². The summed E-state index contributed by atoms with van der Waals surface area (Å²) in [6.07, 6.45) is 1.41. The fourth-order valence-electron chi connectivity index (χ4n) is 1.94. The van der Waals surface area contributed by atoms with Crippen LogP contribution in [-0.4, -0.2) is 29.3 Å². The summed E-state index contributed by atoms with van der Waals surface area (Å²) in [4.78, 5) is 6.48. The molecule has 5 N–H and O–H groups in total. The molecule has 5 heteroatoms. The van der Waals surface area contributed by atoms with Crippen molar-refractivity contribution >= 4 is 11.6 Å². The van der Waals surface area contributed by atoms with E-state index in [1.807, 2.05) is 12.1 Å². The average Bonchev–Trinajstić information content (AvgIpc) is 2.30. The Kier molecular flexibility index (Phi) is 3.26. The van der Waals surface area contributed by atoms with Gasteiger partial charge in [0.1, 0.15) is 11.6 Å². The second kappa shape index (κ2) is 4.67. The van der Waals surface area contributed by atoms with E-state index in [4.69, 9.17) is 11.5 Å². The summed E-state index contributed by atoms with van der Waals surface area (Å²) in [7, 11) is 0. The zero-order valence-corrected chi connectivity index (χ0v) is 9.26. The number of aliphatic hydroxyl groups excluding tert-OH is 1. The number of nitrogens with two attached hydrogens (primary N) is 2. The molecule has 1 aliphatic heterocycles. The van der Waals surface area contributed by atoms with Crippen molar-refractivity contribution in [2.75, 3.05) is 23.7 Å². The predicted octanol–water partition coefficient (Wildman–Crippen LogP) is 0.0836. The van der Waals surface area contributed by atoms with Crippen molar-refractivity contribution in [2.45, 2.75) is 25.5 Å². The molecular formula is C11H18N4O. The summed E-state index contributed by atoms with van der Waals surface area (Å²) in [6, 6.07) is 3.86. The number of anilines is 2. The van der Waals surface area contributed by atoms with Gasteiger partial charge in [-0.2, -0.15) is 0 Å². The van der Waals surface area contributed by atoms with E-state index in [-0.39, 0.29) is 6.10 Å². The lowest BCUT2D eigenvalue weighted by Crippen LogP contribution is -2.36. The van der Waals surface area contributed by atoms with Gasteiger partial charge in [-0.25, -0.2) is 4.98 Å². The van der Waals surface area contributed by atoms with E-state index in [1.165, 1.54) is 0 Å². The normalized spacial score (nSPS) is 17.8. The maximum absolute atomic E-state index is 9.42. The largest absolute Gasteiger partial charge is 0.393 e. The standard InChI is InChI=1S/C11H18N4O/c12-7-8-1-2-10(14-11(8)13)15-5-3-9(16)4-6-15/h1-2,9,16H,3-7,12H2,(H2,13,14). The summed E-state index contributed by atoms with van der Waals surface area (Å²) in [5.74, 6) is 1.38. The van der Waals surface area contributed by atoms with Gasteiger partial charge in [0.25, 0.3) is 0 Å². The van der Waals surface area contributed by atoms with E-state index in [2.05, 4.69) is 9.88 Å². The molecule has 0 bridgehead atoms. The van der Waals surface area contributed by atoms with E-state index < -0.39 is 0 Å². The Morgan fingerprint density at radius 3 is 2.62 bits per heavy atom. The summed E-state index contributed by atoms with van der Waals surface area (Å²) in [5.41, 5.74) is 12.2. The van der Waals surface area contributed by atoms with Gasteiger partial charge in [-0.3, -0.25) is 0 Å². The highest BCUT2D eigenvalue weighted by molar-refractivity contribution is 5.50. The van der Waals surface area contributed by atoms with Crippen molar-refractivity contribution in [3.8, 4) is 0 Å². The summed E-state index contributed by atoms with van der Waals surface area (Å²) < 4.78 is 0. The van der Waals surface area contributed by atoms with Crippen LogP contribution in [0.15, 0.2) is 12.1 Å². The van der Waals surface area contributed by atoms with E-state index in [0.717, 1.165) is 37.3 Å². The Morgan fingerprint density at radius 2 is 2.06 bits per heavy atom. The Bertz CT molecular complexity index is 361. The lowest BCUT2D eigenvalue weighted by molar-refractivity contribution is 0.145. The first-order valence-electron chi connectivity index (χ1n) is 5.59. The highest BCUT2D eigenvalue weighted by Crippen LogP contribution is 2.20. The van der Waals surface area contributed by atoms with Crippen LogP contribution in [-0.2, 0) is 6.54 Å². The number of hydrogen-bond acceptors (Lipinski definition) is 5. The zero-order chi connectivity index (χ0) is 11.5. The van der Waals surface area contributed by atoms with E-state index >= 15 is 0 Å². The van der Waals surface area contributed by atoms with Crippen molar-refractivity contribution in [3.05, 3.63) is 17.7 Å². The Hall–Kier alpha value is -1.33. The molecule has 0 radical (unpaired) electrons. The van der Waals surface area contributed by atoms with Gasteiger partial charge < -0.3 is 21.5 Å². The highest BCUT2D eigenvalue weighted by Gasteiger charge is 2.18. The molecule has 0 aliphatic carbocycles. The molecule has 2 rings (SSSR count). The smallest absolute Gasteiger partial charge is 0.130 e. The molecule has 1 fully saturated rings. The molecule has 0 saturated carbocycles. The molecule has 16 heavy (non-hydrogen) atoms. The van der Waals surface area contributed by atoms with Gasteiger partial charge >= 0.3 is 0 Å². The Labute approximate surface area is 95.1 Å². The minimum Gasteiger partial charge on any atom is -0.393 e. The number of rotatable bonds is 2. The number of pyridine rings is 1. The van der Waals surface area contributed by atoms with Crippen LogP contribution < -0.4 is 16.4 Å². The zero-order valence-electron chi connectivity index (χ0n) is 9.26. The van der Waals surface area contributed by atoms with E-state index in [1.54, 1.807) is 0 Å². The third-order valence-electron chi connectivity index (χ3n) is 3.01. The fraction of sp³-hybridized carbons (Fsp3) is 0.545. The van der Waals surface area contributed by atoms with Gasteiger partial charge in [-0.1, -0.05) is 6.07 Å². The molecule has 0 aromatic carbocycles. The van der Waals surface area contributed by atoms with Gasteiger partial charge in [-0.05, 0) is 18.9 Å². The number of aromatic nitrogens is 1. The molecule has 1 aliphatic rings. The van der Waals surface area contributed by atoms with Crippen LogP contribution in [0, 0.1) is 0 Å². The van der Waals surface area contributed by atoms with Crippen LogP contribution in [0.4, 0.5) is 11.6 Å². The van der Waals surface area contributed by atoms with Crippen LogP contribution in [0.2, 0.25) is 0 Å². The van der Waals surface area contributed by atoms with E-state index in [0.29, 0.717) is 12.4 Å². The molecular weight excluding hydrogens is 204 g/mol. The Morgan fingerprint density at radius 1 is 1.38 bits per heavy atom. The highest BCUT2D eigenvalue weighted by atomic mass is 16.3. The number of hydrogen-bond donors (Lipinski definition) is 3. The average molecular weight is 222 g/mol. The van der Waals surface area contributed by atoms with Gasteiger partial charge in [-0.15, -0.1) is 0 Å². The SMILES string of the molecule is NCc1ccc(N2CCC(O)CC2)nc1N. The molecule has 0 amide bonds. The molecule has 1 saturated heterocycles. The molecule has 0 spiro atoms. The molecule has 2 heterocycles. The van der Waals surface area contributed by atoms with Crippen LogP contribution in [0.5, 0.6) is 0 Å². The van der Waals surface area contributed by atoms with Crippen molar-refractivity contribution in [2.24, 2.45) is 5.73 Å². The maximum atomic E-state index is 9.42. The van der Waals surface area contributed by atoms with Crippen molar-refractivity contribution < 1.29 is 5.11 Å². The van der Waals surface area contributed by atoms with Crippen LogP contribution in [0.25, 0.3) is 0 Å².